The second-order valence-corrected chi connectivity index (χ2v) is 6.36. The van der Waals surface area contributed by atoms with Crippen molar-refractivity contribution in [2.75, 3.05) is 0 Å². The minimum Gasteiger partial charge on any atom is -0.481 e. The van der Waals surface area contributed by atoms with Crippen molar-refractivity contribution in [3.63, 3.8) is 0 Å². The summed E-state index contributed by atoms with van der Waals surface area (Å²) >= 11 is 6.13. The van der Waals surface area contributed by atoms with Gasteiger partial charge in [0.25, 0.3) is 0 Å². The lowest BCUT2D eigenvalue weighted by atomic mass is 9.81. The van der Waals surface area contributed by atoms with Crippen LogP contribution in [0.15, 0.2) is 36.4 Å². The average molecular weight is 345 g/mol. The van der Waals surface area contributed by atoms with E-state index in [1.54, 1.807) is 18.2 Å². The third-order valence-electron chi connectivity index (χ3n) is 4.29. The molecule has 0 amide bonds. The van der Waals surface area contributed by atoms with Crippen molar-refractivity contribution in [3.8, 4) is 11.5 Å². The predicted molar refractivity (Wildman–Crippen MR) is 91.3 cm³/mol. The summed E-state index contributed by atoms with van der Waals surface area (Å²) in [7, 11) is 0. The molecular formula is C19H17ClO4. The lowest BCUT2D eigenvalue weighted by Gasteiger charge is -2.24. The Morgan fingerprint density at radius 1 is 1.29 bits per heavy atom. The highest BCUT2D eigenvalue weighted by Gasteiger charge is 2.23. The molecule has 0 fully saturated rings. The molecule has 0 saturated heterocycles. The van der Waals surface area contributed by atoms with Crippen molar-refractivity contribution in [2.45, 2.75) is 31.6 Å². The quantitative estimate of drug-likeness (QED) is 0.788. The Morgan fingerprint density at radius 3 is 2.83 bits per heavy atom. The number of carboxylic acids is 1. The zero-order valence-corrected chi connectivity index (χ0v) is 13.8. The third kappa shape index (κ3) is 3.60. The summed E-state index contributed by atoms with van der Waals surface area (Å²) in [5.74, 6) is 0.441. The number of hydrogen-bond donors (Lipinski definition) is 1. The van der Waals surface area contributed by atoms with Crippen LogP contribution in [0.25, 0.3) is 0 Å². The number of aliphatic carboxylic acids is 1. The van der Waals surface area contributed by atoms with E-state index < -0.39 is 5.97 Å². The summed E-state index contributed by atoms with van der Waals surface area (Å²) in [6.45, 7) is 0. The van der Waals surface area contributed by atoms with E-state index in [0.29, 0.717) is 22.1 Å². The first-order valence-electron chi connectivity index (χ1n) is 7.84. The van der Waals surface area contributed by atoms with Gasteiger partial charge in [-0.3, -0.25) is 9.59 Å². The Labute approximate surface area is 145 Å². The zero-order valence-electron chi connectivity index (χ0n) is 13.0. The highest BCUT2D eigenvalue weighted by Crippen LogP contribution is 2.37. The second kappa shape index (κ2) is 7.05. The van der Waals surface area contributed by atoms with Crippen molar-refractivity contribution < 1.29 is 19.4 Å². The van der Waals surface area contributed by atoms with E-state index in [1.165, 1.54) is 0 Å². The smallest absolute Gasteiger partial charge is 0.303 e. The van der Waals surface area contributed by atoms with Crippen LogP contribution in [0.2, 0.25) is 5.02 Å². The number of halogens is 1. The molecule has 2 aromatic carbocycles. The number of aryl methyl sites for hydroxylation is 1. The highest BCUT2D eigenvalue weighted by molar-refractivity contribution is 6.32. The van der Waals surface area contributed by atoms with Crippen LogP contribution in [0.3, 0.4) is 0 Å². The van der Waals surface area contributed by atoms with Crippen molar-refractivity contribution >= 4 is 23.9 Å². The molecule has 0 radical (unpaired) electrons. The predicted octanol–water partition coefficient (Wildman–Crippen LogP) is 4.84. The minimum atomic E-state index is -0.768. The van der Waals surface area contributed by atoms with Gasteiger partial charge in [-0.05, 0) is 66.6 Å². The second-order valence-electron chi connectivity index (χ2n) is 5.96. The van der Waals surface area contributed by atoms with Gasteiger partial charge in [-0.1, -0.05) is 17.7 Å². The van der Waals surface area contributed by atoms with Crippen molar-refractivity contribution in [1.82, 2.24) is 0 Å². The van der Waals surface area contributed by atoms with Crippen LogP contribution >= 0.6 is 11.6 Å². The van der Waals surface area contributed by atoms with Gasteiger partial charge in [-0.25, -0.2) is 0 Å². The molecule has 0 aromatic heterocycles. The molecule has 0 saturated carbocycles. The lowest BCUT2D eigenvalue weighted by molar-refractivity contribution is -0.137. The van der Waals surface area contributed by atoms with Gasteiger partial charge < -0.3 is 9.84 Å². The van der Waals surface area contributed by atoms with Gasteiger partial charge in [0, 0.05) is 5.56 Å². The minimum absolute atomic E-state index is 0.0655. The van der Waals surface area contributed by atoms with Crippen LogP contribution in [-0.2, 0) is 11.2 Å². The molecule has 0 heterocycles. The van der Waals surface area contributed by atoms with Crippen LogP contribution < -0.4 is 4.74 Å². The third-order valence-corrected chi connectivity index (χ3v) is 4.59. The van der Waals surface area contributed by atoms with Crippen LogP contribution in [0.4, 0.5) is 0 Å². The topological polar surface area (TPSA) is 63.6 Å². The molecule has 1 aliphatic rings. The summed E-state index contributed by atoms with van der Waals surface area (Å²) in [4.78, 5) is 21.8. The molecule has 24 heavy (non-hydrogen) atoms. The molecule has 0 bridgehead atoms. The van der Waals surface area contributed by atoms with Gasteiger partial charge in [0.2, 0.25) is 0 Å². The molecule has 1 atom stereocenters. The number of carbonyl (C=O) groups excluding carboxylic acids is 1. The monoisotopic (exact) mass is 344 g/mol. The Morgan fingerprint density at radius 2 is 2.12 bits per heavy atom. The van der Waals surface area contributed by atoms with Gasteiger partial charge >= 0.3 is 5.97 Å². The Bertz CT molecular complexity index is 785. The summed E-state index contributed by atoms with van der Waals surface area (Å²) in [5.41, 5.74) is 2.72. The van der Waals surface area contributed by atoms with E-state index in [0.717, 1.165) is 36.7 Å². The molecule has 0 unspecified atom stereocenters. The first-order valence-corrected chi connectivity index (χ1v) is 8.22. The molecule has 124 valence electrons. The molecular weight excluding hydrogens is 328 g/mol. The number of aldehydes is 1. The van der Waals surface area contributed by atoms with Crippen molar-refractivity contribution in [2.24, 2.45) is 0 Å². The van der Waals surface area contributed by atoms with Gasteiger partial charge in [0.05, 0.1) is 11.4 Å². The number of carbonyl (C=O) groups is 2. The Balaban J connectivity index is 1.83. The van der Waals surface area contributed by atoms with E-state index in [4.69, 9.17) is 21.4 Å². The number of rotatable bonds is 5. The maximum absolute atomic E-state index is 11.0. The average Bonchev–Trinajstić information content (AvgIpc) is 2.56. The molecule has 0 spiro atoms. The van der Waals surface area contributed by atoms with Gasteiger partial charge in [0.1, 0.15) is 17.8 Å². The first kappa shape index (κ1) is 16.5. The number of ether oxygens (including phenoxy) is 1. The van der Waals surface area contributed by atoms with Gasteiger partial charge in [0.15, 0.2) is 0 Å². The van der Waals surface area contributed by atoms with Crippen LogP contribution in [-0.4, -0.2) is 17.4 Å². The maximum atomic E-state index is 11.0. The summed E-state index contributed by atoms with van der Waals surface area (Å²) in [6.07, 6.45) is 3.69. The van der Waals surface area contributed by atoms with E-state index in [9.17, 15) is 9.59 Å². The largest absolute Gasteiger partial charge is 0.481 e. The maximum Gasteiger partial charge on any atom is 0.303 e. The standard InChI is InChI=1S/C19H17ClO4/c20-17-8-12(11-21)4-7-18(17)24-15-5-6-16-13(9-15)2-1-3-14(16)10-19(22)23/h4-9,11,14H,1-3,10H2,(H,22,23)/t14-/m0/s1. The fraction of sp³-hybridized carbons (Fsp3) is 0.263. The van der Waals surface area contributed by atoms with Crippen molar-refractivity contribution in [1.29, 1.82) is 0 Å². The summed E-state index contributed by atoms with van der Waals surface area (Å²) in [5, 5.41) is 9.43. The van der Waals surface area contributed by atoms with Crippen LogP contribution in [0, 0.1) is 0 Å². The van der Waals surface area contributed by atoms with Gasteiger partial charge in [-0.15, -0.1) is 0 Å². The van der Waals surface area contributed by atoms with Gasteiger partial charge in [-0.2, -0.15) is 0 Å². The van der Waals surface area contributed by atoms with Crippen LogP contribution in [0.1, 0.15) is 46.7 Å². The van der Waals surface area contributed by atoms with E-state index in [1.807, 2.05) is 18.2 Å². The molecule has 2 aromatic rings. The zero-order chi connectivity index (χ0) is 17.1. The summed E-state index contributed by atoms with van der Waals surface area (Å²) in [6, 6.07) is 10.6. The molecule has 1 N–H and O–H groups in total. The molecule has 0 aliphatic heterocycles. The fourth-order valence-electron chi connectivity index (χ4n) is 3.18. The SMILES string of the molecule is O=Cc1ccc(Oc2ccc3c(c2)CCC[C@H]3CC(=O)O)c(Cl)c1. The van der Waals surface area contributed by atoms with Crippen LogP contribution in [0.5, 0.6) is 11.5 Å². The Hall–Kier alpha value is -2.33. The van der Waals surface area contributed by atoms with E-state index in [2.05, 4.69) is 0 Å². The number of fused-ring (bicyclic) bond motifs is 1. The van der Waals surface area contributed by atoms with Crippen molar-refractivity contribution in [3.05, 3.63) is 58.1 Å². The lowest BCUT2D eigenvalue weighted by Crippen LogP contribution is -2.13. The summed E-state index contributed by atoms with van der Waals surface area (Å²) < 4.78 is 5.83. The number of hydrogen-bond acceptors (Lipinski definition) is 3. The molecule has 5 heteroatoms. The number of benzene rings is 2. The normalized spacial score (nSPS) is 16.3. The van der Waals surface area contributed by atoms with E-state index in [-0.39, 0.29) is 12.3 Å². The van der Waals surface area contributed by atoms with E-state index >= 15 is 0 Å². The highest BCUT2D eigenvalue weighted by atomic mass is 35.5. The molecule has 4 nitrogen and oxygen atoms in total. The Kier molecular flexibility index (Phi) is 4.86. The fourth-order valence-corrected chi connectivity index (χ4v) is 3.41. The number of carboxylic acid groups (broad SMARTS) is 1. The molecule has 1 aliphatic carbocycles. The molecule has 3 rings (SSSR count). The first-order chi connectivity index (χ1) is 11.6.